The van der Waals surface area contributed by atoms with E-state index in [4.69, 9.17) is 4.74 Å². The van der Waals surface area contributed by atoms with Gasteiger partial charge in [0.25, 0.3) is 0 Å². The second-order valence-electron chi connectivity index (χ2n) is 4.39. The Morgan fingerprint density at radius 3 is 2.87 bits per heavy atom. The molecule has 0 spiro atoms. The lowest BCUT2D eigenvalue weighted by Crippen LogP contribution is -2.22. The van der Waals surface area contributed by atoms with Gasteiger partial charge in [-0.15, -0.1) is 0 Å². The van der Waals surface area contributed by atoms with Gasteiger partial charge in [0.15, 0.2) is 0 Å². The summed E-state index contributed by atoms with van der Waals surface area (Å²) < 4.78 is 5.39. The fourth-order valence-corrected chi connectivity index (χ4v) is 2.19. The molecule has 0 aromatic carbocycles. The summed E-state index contributed by atoms with van der Waals surface area (Å²) in [6, 6.07) is 0. The highest BCUT2D eigenvalue weighted by Gasteiger charge is 2.05. The molecule has 0 bridgehead atoms. The highest BCUT2D eigenvalue weighted by molar-refractivity contribution is 5.09. The zero-order valence-electron chi connectivity index (χ0n) is 9.43. The molecular formula is C13H21NO. The van der Waals surface area contributed by atoms with Crippen LogP contribution in [-0.4, -0.2) is 26.3 Å². The van der Waals surface area contributed by atoms with Gasteiger partial charge in [0.05, 0.1) is 13.2 Å². The van der Waals surface area contributed by atoms with E-state index in [1.165, 1.54) is 31.3 Å². The molecule has 84 valence electrons. The van der Waals surface area contributed by atoms with Crippen LogP contribution in [0, 0.1) is 0 Å². The molecule has 0 fully saturated rings. The lowest BCUT2D eigenvalue weighted by Gasteiger charge is -2.14. The van der Waals surface area contributed by atoms with Crippen LogP contribution in [0.2, 0.25) is 0 Å². The van der Waals surface area contributed by atoms with E-state index in [9.17, 15) is 0 Å². The minimum Gasteiger partial charge on any atom is -0.377 e. The molecule has 2 nitrogen and oxygen atoms in total. The van der Waals surface area contributed by atoms with E-state index in [1.54, 1.807) is 5.57 Å². The van der Waals surface area contributed by atoms with E-state index in [2.05, 4.69) is 17.5 Å². The highest BCUT2D eigenvalue weighted by atomic mass is 16.5. The van der Waals surface area contributed by atoms with E-state index in [0.717, 1.165) is 32.7 Å². The van der Waals surface area contributed by atoms with Gasteiger partial charge in [-0.25, -0.2) is 0 Å². The standard InChI is InChI=1S/C13H21NO/c1-2-5-12(4-1)7-8-14-10-13-6-3-9-15-11-13/h4,6,14H,1-3,5,7-11H2. The summed E-state index contributed by atoms with van der Waals surface area (Å²) in [6.45, 7) is 3.85. The van der Waals surface area contributed by atoms with Crippen LogP contribution in [0.5, 0.6) is 0 Å². The van der Waals surface area contributed by atoms with Crippen molar-refractivity contribution in [3.8, 4) is 0 Å². The summed E-state index contributed by atoms with van der Waals surface area (Å²) in [5.74, 6) is 0. The molecule has 0 amide bonds. The van der Waals surface area contributed by atoms with Gasteiger partial charge in [-0.1, -0.05) is 17.7 Å². The van der Waals surface area contributed by atoms with Crippen LogP contribution in [-0.2, 0) is 4.74 Å². The summed E-state index contributed by atoms with van der Waals surface area (Å²) in [7, 11) is 0. The summed E-state index contributed by atoms with van der Waals surface area (Å²) >= 11 is 0. The van der Waals surface area contributed by atoms with Gasteiger partial charge in [0.2, 0.25) is 0 Å². The first-order chi connectivity index (χ1) is 7.45. The molecule has 1 heterocycles. The quantitative estimate of drug-likeness (QED) is 0.552. The van der Waals surface area contributed by atoms with Gasteiger partial charge in [0.1, 0.15) is 0 Å². The first kappa shape index (κ1) is 10.9. The molecule has 0 saturated carbocycles. The normalized spacial score (nSPS) is 21.3. The molecular weight excluding hydrogens is 186 g/mol. The van der Waals surface area contributed by atoms with E-state index in [0.29, 0.717) is 0 Å². The molecule has 0 radical (unpaired) electrons. The van der Waals surface area contributed by atoms with Gasteiger partial charge in [-0.2, -0.15) is 0 Å². The maximum absolute atomic E-state index is 5.39. The highest BCUT2D eigenvalue weighted by Crippen LogP contribution is 2.19. The van der Waals surface area contributed by atoms with Crippen LogP contribution in [0.1, 0.15) is 32.1 Å². The van der Waals surface area contributed by atoms with Crippen LogP contribution < -0.4 is 5.32 Å². The molecule has 2 heteroatoms. The van der Waals surface area contributed by atoms with Crippen molar-refractivity contribution in [3.05, 3.63) is 23.3 Å². The molecule has 1 aliphatic heterocycles. The Morgan fingerprint density at radius 2 is 2.13 bits per heavy atom. The zero-order chi connectivity index (χ0) is 10.3. The Morgan fingerprint density at radius 1 is 1.20 bits per heavy atom. The minimum absolute atomic E-state index is 0.829. The summed E-state index contributed by atoms with van der Waals surface area (Å²) in [6.07, 6.45) is 11.0. The Kier molecular flexibility index (Phi) is 4.42. The molecule has 1 N–H and O–H groups in total. The van der Waals surface area contributed by atoms with Gasteiger partial charge in [-0.05, 0) is 44.2 Å². The van der Waals surface area contributed by atoms with Crippen LogP contribution in [0.25, 0.3) is 0 Å². The number of nitrogens with one attached hydrogen (secondary N) is 1. The number of hydrogen-bond acceptors (Lipinski definition) is 2. The summed E-state index contributed by atoms with van der Waals surface area (Å²) in [4.78, 5) is 0. The van der Waals surface area contributed by atoms with Crippen molar-refractivity contribution in [3.63, 3.8) is 0 Å². The number of hydrogen-bond donors (Lipinski definition) is 1. The van der Waals surface area contributed by atoms with Gasteiger partial charge in [-0.3, -0.25) is 0 Å². The fourth-order valence-electron chi connectivity index (χ4n) is 2.19. The topological polar surface area (TPSA) is 21.3 Å². The van der Waals surface area contributed by atoms with Crippen LogP contribution in [0.15, 0.2) is 23.3 Å². The minimum atomic E-state index is 0.829. The van der Waals surface area contributed by atoms with Gasteiger partial charge in [0, 0.05) is 6.54 Å². The lowest BCUT2D eigenvalue weighted by molar-refractivity contribution is 0.149. The second kappa shape index (κ2) is 6.09. The van der Waals surface area contributed by atoms with E-state index >= 15 is 0 Å². The van der Waals surface area contributed by atoms with Crippen molar-refractivity contribution in [1.29, 1.82) is 0 Å². The first-order valence-electron chi connectivity index (χ1n) is 6.09. The molecule has 0 unspecified atom stereocenters. The molecule has 0 saturated heterocycles. The van der Waals surface area contributed by atoms with E-state index < -0.39 is 0 Å². The predicted molar refractivity (Wildman–Crippen MR) is 62.9 cm³/mol. The lowest BCUT2D eigenvalue weighted by atomic mass is 10.1. The molecule has 2 rings (SSSR count). The SMILES string of the molecule is C1=C(CCNCC2=CCCOC2)CCC1. The molecule has 1 aliphatic carbocycles. The molecule has 0 atom stereocenters. The van der Waals surface area contributed by atoms with Gasteiger partial charge >= 0.3 is 0 Å². The summed E-state index contributed by atoms with van der Waals surface area (Å²) in [5, 5.41) is 3.49. The van der Waals surface area contributed by atoms with Gasteiger partial charge < -0.3 is 10.1 Å². The van der Waals surface area contributed by atoms with E-state index in [1.807, 2.05) is 0 Å². The van der Waals surface area contributed by atoms with Crippen LogP contribution in [0.3, 0.4) is 0 Å². The van der Waals surface area contributed by atoms with Crippen LogP contribution >= 0.6 is 0 Å². The number of allylic oxidation sites excluding steroid dienone is 1. The monoisotopic (exact) mass is 207 g/mol. The maximum Gasteiger partial charge on any atom is 0.0689 e. The Hall–Kier alpha value is -0.600. The average Bonchev–Trinajstić information content (AvgIpc) is 2.79. The summed E-state index contributed by atoms with van der Waals surface area (Å²) in [5.41, 5.74) is 3.07. The average molecular weight is 207 g/mol. The zero-order valence-corrected chi connectivity index (χ0v) is 9.43. The van der Waals surface area contributed by atoms with Crippen LogP contribution in [0.4, 0.5) is 0 Å². The van der Waals surface area contributed by atoms with Crippen molar-refractivity contribution < 1.29 is 4.74 Å². The predicted octanol–water partition coefficient (Wildman–Crippen LogP) is 2.42. The number of ether oxygens (including phenoxy) is 1. The van der Waals surface area contributed by atoms with Crippen molar-refractivity contribution in [2.24, 2.45) is 0 Å². The van der Waals surface area contributed by atoms with E-state index in [-0.39, 0.29) is 0 Å². The van der Waals surface area contributed by atoms with Crippen molar-refractivity contribution >= 4 is 0 Å². The Balaban J connectivity index is 1.56. The maximum atomic E-state index is 5.39. The van der Waals surface area contributed by atoms with Crippen molar-refractivity contribution in [2.45, 2.75) is 32.1 Å². The number of rotatable bonds is 5. The largest absolute Gasteiger partial charge is 0.377 e. The second-order valence-corrected chi connectivity index (χ2v) is 4.39. The fraction of sp³-hybridized carbons (Fsp3) is 0.692. The van der Waals surface area contributed by atoms with Crippen molar-refractivity contribution in [1.82, 2.24) is 5.32 Å². The third kappa shape index (κ3) is 3.80. The Bertz CT molecular complexity index is 255. The molecule has 2 aliphatic rings. The third-order valence-electron chi connectivity index (χ3n) is 3.09. The van der Waals surface area contributed by atoms with Crippen molar-refractivity contribution in [2.75, 3.05) is 26.3 Å². The molecule has 0 aromatic rings. The molecule has 15 heavy (non-hydrogen) atoms. The Labute approximate surface area is 92.4 Å². The first-order valence-corrected chi connectivity index (χ1v) is 6.09. The third-order valence-corrected chi connectivity index (χ3v) is 3.09. The molecule has 0 aromatic heterocycles. The smallest absolute Gasteiger partial charge is 0.0689 e.